The second-order valence-corrected chi connectivity index (χ2v) is 5.29. The summed E-state index contributed by atoms with van der Waals surface area (Å²) >= 11 is 0. The molecule has 3 rings (SSSR count). The summed E-state index contributed by atoms with van der Waals surface area (Å²) in [7, 11) is 3.46. The first-order valence-electron chi connectivity index (χ1n) is 6.90. The lowest BCUT2D eigenvalue weighted by Crippen LogP contribution is -2.54. The summed E-state index contributed by atoms with van der Waals surface area (Å²) in [6, 6.07) is 5.85. The van der Waals surface area contributed by atoms with Gasteiger partial charge in [-0.3, -0.25) is 4.79 Å². The Labute approximate surface area is 123 Å². The zero-order chi connectivity index (χ0) is 15.0. The van der Waals surface area contributed by atoms with Gasteiger partial charge in [0.25, 0.3) is 0 Å². The number of benzene rings is 1. The van der Waals surface area contributed by atoms with E-state index in [1.165, 1.54) is 6.33 Å². The van der Waals surface area contributed by atoms with Crippen LogP contribution in [0.2, 0.25) is 0 Å². The van der Waals surface area contributed by atoms with Crippen molar-refractivity contribution >= 4 is 22.6 Å². The van der Waals surface area contributed by atoms with E-state index >= 15 is 0 Å². The minimum Gasteiger partial charge on any atom is -0.496 e. The molecule has 6 heteroatoms. The molecule has 1 aromatic heterocycles. The number of ether oxygens (including phenoxy) is 1. The van der Waals surface area contributed by atoms with Crippen molar-refractivity contribution in [3.63, 3.8) is 0 Å². The second-order valence-electron chi connectivity index (χ2n) is 5.29. The minimum atomic E-state index is 0.0930. The monoisotopic (exact) mass is 286 g/mol. The third kappa shape index (κ3) is 2.26. The van der Waals surface area contributed by atoms with Gasteiger partial charge in [0, 0.05) is 19.6 Å². The van der Waals surface area contributed by atoms with Gasteiger partial charge in [0.05, 0.1) is 24.6 Å². The lowest BCUT2D eigenvalue weighted by atomic mass is 10.1. The first kappa shape index (κ1) is 13.6. The number of rotatable bonds is 2. The molecule has 110 valence electrons. The van der Waals surface area contributed by atoms with Gasteiger partial charge < -0.3 is 14.5 Å². The van der Waals surface area contributed by atoms with Crippen molar-refractivity contribution in [2.75, 3.05) is 32.1 Å². The molecule has 6 nitrogen and oxygen atoms in total. The Morgan fingerprint density at radius 1 is 1.33 bits per heavy atom. The highest BCUT2D eigenvalue weighted by atomic mass is 16.5. The molecule has 1 fully saturated rings. The van der Waals surface area contributed by atoms with Gasteiger partial charge >= 0.3 is 0 Å². The van der Waals surface area contributed by atoms with Gasteiger partial charge in [0.15, 0.2) is 0 Å². The van der Waals surface area contributed by atoms with Crippen molar-refractivity contribution in [2.24, 2.45) is 0 Å². The van der Waals surface area contributed by atoms with Crippen molar-refractivity contribution < 1.29 is 9.53 Å². The van der Waals surface area contributed by atoms with Crippen molar-refractivity contribution in [3.05, 3.63) is 24.5 Å². The van der Waals surface area contributed by atoms with E-state index in [-0.39, 0.29) is 11.9 Å². The maximum absolute atomic E-state index is 12.1. The zero-order valence-corrected chi connectivity index (χ0v) is 12.4. The highest BCUT2D eigenvalue weighted by molar-refractivity contribution is 5.96. The van der Waals surface area contributed by atoms with Crippen LogP contribution in [0.15, 0.2) is 24.5 Å². The van der Waals surface area contributed by atoms with Crippen LogP contribution in [0.5, 0.6) is 5.75 Å². The summed E-state index contributed by atoms with van der Waals surface area (Å²) in [5.41, 5.74) is 0.818. The number of piperazine rings is 1. The Kier molecular flexibility index (Phi) is 3.37. The second kappa shape index (κ2) is 5.20. The van der Waals surface area contributed by atoms with Gasteiger partial charge in [0.1, 0.15) is 17.9 Å². The van der Waals surface area contributed by atoms with Gasteiger partial charge in [-0.25, -0.2) is 9.97 Å². The largest absolute Gasteiger partial charge is 0.496 e. The number of anilines is 1. The van der Waals surface area contributed by atoms with E-state index in [9.17, 15) is 4.79 Å². The van der Waals surface area contributed by atoms with Crippen LogP contribution >= 0.6 is 0 Å². The Bertz CT molecular complexity index is 683. The number of hydrogen-bond donors (Lipinski definition) is 0. The van der Waals surface area contributed by atoms with Gasteiger partial charge in [-0.1, -0.05) is 6.07 Å². The van der Waals surface area contributed by atoms with Crippen LogP contribution in [-0.4, -0.2) is 54.1 Å². The number of likely N-dealkylation sites (N-methyl/N-ethyl adjacent to an activating group) is 1. The van der Waals surface area contributed by atoms with Crippen LogP contribution in [0.1, 0.15) is 6.92 Å². The smallest absolute Gasteiger partial charge is 0.242 e. The molecule has 0 bridgehead atoms. The first-order chi connectivity index (χ1) is 10.1. The topological polar surface area (TPSA) is 58.6 Å². The molecule has 0 N–H and O–H groups in total. The third-order valence-corrected chi connectivity index (χ3v) is 3.99. The first-order valence-corrected chi connectivity index (χ1v) is 6.90. The predicted molar refractivity (Wildman–Crippen MR) is 80.5 cm³/mol. The Morgan fingerprint density at radius 2 is 2.14 bits per heavy atom. The lowest BCUT2D eigenvalue weighted by Gasteiger charge is -2.38. The Balaban J connectivity index is 2.10. The zero-order valence-electron chi connectivity index (χ0n) is 12.4. The third-order valence-electron chi connectivity index (χ3n) is 3.99. The molecule has 0 spiro atoms. The number of nitrogens with zero attached hydrogens (tertiary/aromatic N) is 4. The van der Waals surface area contributed by atoms with Gasteiger partial charge in [0.2, 0.25) is 5.91 Å². The van der Waals surface area contributed by atoms with Gasteiger partial charge in [-0.2, -0.15) is 0 Å². The fraction of sp³-hybridized carbons (Fsp3) is 0.400. The average molecular weight is 286 g/mol. The Hall–Kier alpha value is -2.37. The molecule has 1 aliphatic rings. The fourth-order valence-corrected chi connectivity index (χ4v) is 2.66. The van der Waals surface area contributed by atoms with Crippen LogP contribution in [0, 0.1) is 0 Å². The highest BCUT2D eigenvalue weighted by Gasteiger charge is 2.29. The SMILES string of the molecule is COc1cccc2ncnc(N3CC(=O)N(C)C(C)C3)c12. The standard InChI is InChI=1S/C15H18N4O2/c1-10-7-19(8-13(20)18(10)2)15-14-11(16-9-17-15)5-4-6-12(14)21-3/h4-6,9-10H,7-8H2,1-3H3. The van der Waals surface area contributed by atoms with Crippen molar-refractivity contribution in [2.45, 2.75) is 13.0 Å². The number of fused-ring (bicyclic) bond motifs is 1. The maximum Gasteiger partial charge on any atom is 0.242 e. The molecule has 1 unspecified atom stereocenters. The molecule has 2 heterocycles. The van der Waals surface area contributed by atoms with Crippen LogP contribution < -0.4 is 9.64 Å². The van der Waals surface area contributed by atoms with Crippen molar-refractivity contribution in [1.82, 2.24) is 14.9 Å². The van der Waals surface area contributed by atoms with E-state index in [1.54, 1.807) is 12.0 Å². The maximum atomic E-state index is 12.1. The van der Waals surface area contributed by atoms with Crippen molar-refractivity contribution in [3.8, 4) is 5.75 Å². The molecule has 1 saturated heterocycles. The van der Waals surface area contributed by atoms with Crippen molar-refractivity contribution in [1.29, 1.82) is 0 Å². The quantitative estimate of drug-likeness (QED) is 0.833. The molecule has 0 aliphatic carbocycles. The summed E-state index contributed by atoms with van der Waals surface area (Å²) < 4.78 is 5.43. The van der Waals surface area contributed by atoms with E-state index in [0.29, 0.717) is 6.54 Å². The normalized spacial score (nSPS) is 19.2. The molecule has 1 amide bonds. The van der Waals surface area contributed by atoms with Crippen LogP contribution in [0.25, 0.3) is 10.9 Å². The number of amides is 1. The van der Waals surface area contributed by atoms with Crippen LogP contribution in [0.4, 0.5) is 5.82 Å². The molecule has 1 aromatic carbocycles. The molecular weight excluding hydrogens is 268 g/mol. The summed E-state index contributed by atoms with van der Waals surface area (Å²) in [6.07, 6.45) is 1.53. The summed E-state index contributed by atoms with van der Waals surface area (Å²) in [5, 5.41) is 0.854. The van der Waals surface area contributed by atoms with E-state index in [1.807, 2.05) is 37.1 Å². The number of carbonyl (C=O) groups is 1. The van der Waals surface area contributed by atoms with Gasteiger partial charge in [-0.15, -0.1) is 0 Å². The molecule has 0 saturated carbocycles. The molecular formula is C15H18N4O2. The van der Waals surface area contributed by atoms with E-state index in [4.69, 9.17) is 4.74 Å². The number of hydrogen-bond acceptors (Lipinski definition) is 5. The molecule has 1 aliphatic heterocycles. The number of methoxy groups -OCH3 is 1. The lowest BCUT2D eigenvalue weighted by molar-refractivity contribution is -0.131. The molecule has 1 atom stereocenters. The van der Waals surface area contributed by atoms with E-state index < -0.39 is 0 Å². The fourth-order valence-electron chi connectivity index (χ4n) is 2.66. The van der Waals surface area contributed by atoms with E-state index in [0.717, 1.165) is 29.0 Å². The van der Waals surface area contributed by atoms with Crippen LogP contribution in [-0.2, 0) is 4.79 Å². The predicted octanol–water partition coefficient (Wildman–Crippen LogP) is 1.31. The molecule has 0 radical (unpaired) electrons. The summed E-state index contributed by atoms with van der Waals surface area (Å²) in [5.74, 6) is 1.57. The highest BCUT2D eigenvalue weighted by Crippen LogP contribution is 2.32. The Morgan fingerprint density at radius 3 is 2.86 bits per heavy atom. The molecule has 2 aromatic rings. The van der Waals surface area contributed by atoms with E-state index in [2.05, 4.69) is 9.97 Å². The summed E-state index contributed by atoms with van der Waals surface area (Å²) in [6.45, 7) is 3.10. The molecule has 21 heavy (non-hydrogen) atoms. The average Bonchev–Trinajstić information content (AvgIpc) is 2.50. The van der Waals surface area contributed by atoms with Crippen LogP contribution in [0.3, 0.4) is 0 Å². The van der Waals surface area contributed by atoms with Gasteiger partial charge in [-0.05, 0) is 19.1 Å². The number of aromatic nitrogens is 2. The number of carbonyl (C=O) groups excluding carboxylic acids is 1. The minimum absolute atomic E-state index is 0.0930. The summed E-state index contributed by atoms with van der Waals surface area (Å²) in [4.78, 5) is 24.5.